The fourth-order valence-corrected chi connectivity index (χ4v) is 0.484. The molecule has 1 heterocycles. The molecule has 1 rings (SSSR count). The van der Waals surface area contributed by atoms with Gasteiger partial charge in [-0.15, -0.1) is 0 Å². The van der Waals surface area contributed by atoms with Crippen molar-refractivity contribution in [1.82, 2.24) is 4.98 Å². The van der Waals surface area contributed by atoms with Crippen molar-refractivity contribution < 1.29 is 20.9 Å². The zero-order chi connectivity index (χ0) is 6.69. The molecule has 62 valence electrons. The van der Waals surface area contributed by atoms with Crippen molar-refractivity contribution in [1.29, 1.82) is 0 Å². The van der Waals surface area contributed by atoms with Crippen molar-refractivity contribution in [3.63, 3.8) is 0 Å². The molecule has 0 radical (unpaired) electrons. The van der Waals surface area contributed by atoms with E-state index in [0.717, 1.165) is 0 Å². The van der Waals surface area contributed by atoms with E-state index in [1.165, 1.54) is 18.5 Å². The summed E-state index contributed by atoms with van der Waals surface area (Å²) in [5.74, 6) is -1.19. The Morgan fingerprint density at radius 2 is 2.00 bits per heavy atom. The van der Waals surface area contributed by atoms with Crippen molar-refractivity contribution in [2.24, 2.45) is 0 Å². The number of rotatable bonds is 1. The summed E-state index contributed by atoms with van der Waals surface area (Å²) in [4.78, 5) is 13.6. The summed E-state index contributed by atoms with van der Waals surface area (Å²) >= 11 is 0. The third-order valence-electron chi connectivity index (χ3n) is 0.897. The van der Waals surface area contributed by atoms with Gasteiger partial charge in [0.25, 0.3) is 0 Å². The van der Waals surface area contributed by atoms with Crippen LogP contribution in [0.2, 0.25) is 0 Å². The van der Waals surface area contributed by atoms with Crippen LogP contribution in [0.3, 0.4) is 0 Å². The summed E-state index contributed by atoms with van der Waals surface area (Å²) in [6.07, 6.45) is 2.75. The normalized spacial score (nSPS) is 6.67. The second-order valence-electron chi connectivity index (χ2n) is 1.53. The van der Waals surface area contributed by atoms with Gasteiger partial charge in [0.1, 0.15) is 0 Å². The van der Waals surface area contributed by atoms with E-state index in [2.05, 4.69) is 4.98 Å². The quantitative estimate of drug-likeness (QED) is 0.502. The van der Waals surface area contributed by atoms with E-state index in [1.807, 2.05) is 0 Å². The molecule has 0 atom stereocenters. The molecule has 0 bridgehead atoms. The molecule has 5 nitrogen and oxygen atoms in total. The molecule has 0 aliphatic carbocycles. The topological polar surface area (TPSA) is 113 Å². The largest absolute Gasteiger partial charge is 3.00 e. The molecular formula is C6H6AlNO4. The fraction of sp³-hybridized carbons (Fsp3) is 0. The molecule has 0 saturated heterocycles. The maximum absolute atomic E-state index is 10.0. The molecule has 12 heavy (non-hydrogen) atoms. The molecule has 0 spiro atoms. The minimum absolute atomic E-state index is 0. The number of hydrogen-bond donors (Lipinski definition) is 0. The van der Waals surface area contributed by atoms with Crippen LogP contribution in [-0.2, 0) is 0 Å². The summed E-state index contributed by atoms with van der Waals surface area (Å²) in [6, 6.07) is 2.98. The van der Waals surface area contributed by atoms with E-state index < -0.39 is 5.97 Å². The van der Waals surface area contributed by atoms with Crippen LogP contribution in [0, 0.1) is 0 Å². The zero-order valence-electron chi connectivity index (χ0n) is 6.04. The summed E-state index contributed by atoms with van der Waals surface area (Å²) < 4.78 is 0. The van der Waals surface area contributed by atoms with Crippen LogP contribution < -0.4 is 5.11 Å². The molecule has 1 aromatic heterocycles. The predicted molar refractivity (Wildman–Crippen MR) is 38.2 cm³/mol. The van der Waals surface area contributed by atoms with E-state index >= 15 is 0 Å². The minimum Gasteiger partial charge on any atom is -0.870 e. The Hall–Kier alpha value is -0.928. The third kappa shape index (κ3) is 4.82. The van der Waals surface area contributed by atoms with Gasteiger partial charge >= 0.3 is 17.4 Å². The maximum Gasteiger partial charge on any atom is 3.00 e. The number of nitrogens with zero attached hydrogens (tertiary/aromatic N) is 1. The Morgan fingerprint density at radius 1 is 1.42 bits per heavy atom. The van der Waals surface area contributed by atoms with Gasteiger partial charge in [-0.05, 0) is 6.07 Å². The Morgan fingerprint density at radius 3 is 2.25 bits per heavy atom. The third-order valence-corrected chi connectivity index (χ3v) is 0.897. The summed E-state index contributed by atoms with van der Waals surface area (Å²) in [5, 5.41) is 10.0. The Labute approximate surface area is 79.8 Å². The molecule has 0 unspecified atom stereocenters. The van der Waals surface area contributed by atoms with Crippen molar-refractivity contribution >= 4 is 23.3 Å². The number of aromatic nitrogens is 1. The summed E-state index contributed by atoms with van der Waals surface area (Å²) in [5.41, 5.74) is 0.109. The smallest absolute Gasteiger partial charge is 0.870 e. The Bertz CT molecular complexity index is 216. The zero-order valence-corrected chi connectivity index (χ0v) is 7.20. The van der Waals surface area contributed by atoms with Crippen LogP contribution in [0.15, 0.2) is 24.5 Å². The second kappa shape index (κ2) is 8.17. The first-order valence-corrected chi connectivity index (χ1v) is 2.42. The van der Waals surface area contributed by atoms with E-state index in [1.54, 1.807) is 6.07 Å². The first kappa shape index (κ1) is 17.2. The number of pyridine rings is 1. The summed E-state index contributed by atoms with van der Waals surface area (Å²) in [6.45, 7) is 0. The predicted octanol–water partition coefficient (Wildman–Crippen LogP) is -1.29. The fourth-order valence-electron chi connectivity index (χ4n) is 0.484. The number of carbonyl (C=O) groups excluding carboxylic acids is 1. The van der Waals surface area contributed by atoms with Gasteiger partial charge in [0, 0.05) is 18.0 Å². The van der Waals surface area contributed by atoms with Gasteiger partial charge in [-0.25, -0.2) is 0 Å². The Balaban J connectivity index is -0.000000270. The average Bonchev–Trinajstić information content (AvgIpc) is 1.90. The van der Waals surface area contributed by atoms with E-state index in [-0.39, 0.29) is 33.9 Å². The van der Waals surface area contributed by atoms with Crippen molar-refractivity contribution in [2.45, 2.75) is 0 Å². The molecule has 0 aromatic carbocycles. The molecule has 2 N–H and O–H groups in total. The molecule has 0 amide bonds. The van der Waals surface area contributed by atoms with Gasteiger partial charge in [0.05, 0.1) is 5.97 Å². The van der Waals surface area contributed by atoms with Gasteiger partial charge in [0.15, 0.2) is 0 Å². The number of carboxylic acids is 1. The molecule has 0 fully saturated rings. The van der Waals surface area contributed by atoms with E-state index in [4.69, 9.17) is 0 Å². The monoisotopic (exact) mass is 183 g/mol. The van der Waals surface area contributed by atoms with Crippen LogP contribution in [0.1, 0.15) is 10.4 Å². The molecule has 0 aliphatic rings. The molecular weight excluding hydrogens is 177 g/mol. The van der Waals surface area contributed by atoms with Crippen molar-refractivity contribution in [3.05, 3.63) is 30.1 Å². The van der Waals surface area contributed by atoms with Crippen LogP contribution >= 0.6 is 0 Å². The first-order valence-electron chi connectivity index (χ1n) is 2.42. The number of carbonyl (C=O) groups is 1. The van der Waals surface area contributed by atoms with Crippen LogP contribution in [0.4, 0.5) is 0 Å². The Kier molecular flexibility index (Phi) is 11.7. The van der Waals surface area contributed by atoms with Gasteiger partial charge in [-0.3, -0.25) is 4.98 Å². The van der Waals surface area contributed by atoms with Crippen LogP contribution in [-0.4, -0.2) is 39.3 Å². The van der Waals surface area contributed by atoms with Gasteiger partial charge in [-0.1, -0.05) is 6.07 Å². The first-order chi connectivity index (χ1) is 4.30. The van der Waals surface area contributed by atoms with Gasteiger partial charge < -0.3 is 20.9 Å². The molecule has 0 saturated carbocycles. The van der Waals surface area contributed by atoms with Crippen LogP contribution in [0.25, 0.3) is 0 Å². The van der Waals surface area contributed by atoms with Gasteiger partial charge in [0.2, 0.25) is 0 Å². The average molecular weight is 183 g/mol. The number of aromatic carboxylic acids is 1. The molecule has 0 aliphatic heterocycles. The number of hydrogen-bond acceptors (Lipinski definition) is 5. The standard InChI is InChI=1S/C6H5NO2.Al.2H2O/c8-6(9)5-2-1-3-7-4-5;;;/h1-4H,(H,8,9);;2*1H2/q;+3;;/p-3. The number of carboxylic acid groups (broad SMARTS) is 1. The molecule has 6 heteroatoms. The van der Waals surface area contributed by atoms with E-state index in [9.17, 15) is 9.90 Å². The maximum atomic E-state index is 10.0. The minimum atomic E-state index is -1.19. The van der Waals surface area contributed by atoms with Gasteiger partial charge in [-0.2, -0.15) is 0 Å². The SMILES string of the molecule is O=C([O-])c1cccnc1.[Al+3].[OH-].[OH-]. The summed E-state index contributed by atoms with van der Waals surface area (Å²) in [7, 11) is 0. The molecule has 1 aromatic rings. The second-order valence-corrected chi connectivity index (χ2v) is 1.53. The van der Waals surface area contributed by atoms with Crippen LogP contribution in [0.5, 0.6) is 0 Å². The van der Waals surface area contributed by atoms with Crippen molar-refractivity contribution in [3.8, 4) is 0 Å². The van der Waals surface area contributed by atoms with E-state index in [0.29, 0.717) is 0 Å². The van der Waals surface area contributed by atoms with Crippen molar-refractivity contribution in [2.75, 3.05) is 0 Å².